The van der Waals surface area contributed by atoms with E-state index in [2.05, 4.69) is 11.9 Å². The lowest BCUT2D eigenvalue weighted by Gasteiger charge is -2.22. The number of carbonyl (C=O) groups is 1. The molecule has 0 bridgehead atoms. The summed E-state index contributed by atoms with van der Waals surface area (Å²) in [5.41, 5.74) is 1.27. The highest BCUT2D eigenvalue weighted by atomic mass is 19.1. The van der Waals surface area contributed by atoms with Crippen molar-refractivity contribution >= 4 is 12.0 Å². The molecule has 3 heteroatoms. The van der Waals surface area contributed by atoms with Gasteiger partial charge in [-0.15, -0.1) is 0 Å². The van der Waals surface area contributed by atoms with Gasteiger partial charge in [0.15, 0.2) is 0 Å². The second-order valence-corrected chi connectivity index (χ2v) is 5.14. The highest BCUT2D eigenvalue weighted by Crippen LogP contribution is 2.18. The maximum atomic E-state index is 13.3. The van der Waals surface area contributed by atoms with Crippen LogP contribution in [0.4, 0.5) is 4.39 Å². The van der Waals surface area contributed by atoms with Crippen LogP contribution in [0.25, 0.3) is 6.08 Å². The Labute approximate surface area is 113 Å². The van der Waals surface area contributed by atoms with Crippen molar-refractivity contribution < 1.29 is 9.18 Å². The fourth-order valence-corrected chi connectivity index (χ4v) is 2.57. The van der Waals surface area contributed by atoms with Gasteiger partial charge in [0.2, 0.25) is 5.91 Å². The Hall–Kier alpha value is -1.64. The van der Waals surface area contributed by atoms with Crippen molar-refractivity contribution in [2.24, 2.45) is 0 Å². The van der Waals surface area contributed by atoms with E-state index in [0.717, 1.165) is 18.4 Å². The zero-order valence-corrected chi connectivity index (χ0v) is 11.1. The maximum Gasteiger partial charge on any atom is 0.224 e. The zero-order valence-electron chi connectivity index (χ0n) is 11.1. The summed E-state index contributed by atoms with van der Waals surface area (Å²) in [6.07, 6.45) is 7.59. The average Bonchev–Trinajstić information content (AvgIpc) is 2.42. The topological polar surface area (TPSA) is 29.1 Å². The molecule has 0 spiro atoms. The molecule has 0 atom stereocenters. The molecule has 2 nitrogen and oxygen atoms in total. The van der Waals surface area contributed by atoms with Crippen LogP contribution < -0.4 is 5.32 Å². The monoisotopic (exact) mass is 261 g/mol. The van der Waals surface area contributed by atoms with E-state index in [1.165, 1.54) is 31.4 Å². The molecule has 1 aliphatic carbocycles. The number of nitrogens with one attached hydrogen (secondary N) is 1. The third-order valence-corrected chi connectivity index (χ3v) is 3.62. The Morgan fingerprint density at radius 1 is 1.37 bits per heavy atom. The second kappa shape index (κ2) is 6.50. The lowest BCUT2D eigenvalue weighted by atomic mass is 9.95. The summed E-state index contributed by atoms with van der Waals surface area (Å²) in [5, 5.41) is 3.06. The van der Waals surface area contributed by atoms with Gasteiger partial charge in [0, 0.05) is 11.6 Å². The molecule has 1 N–H and O–H groups in total. The minimum atomic E-state index is -0.300. The van der Waals surface area contributed by atoms with Crippen molar-refractivity contribution in [3.63, 3.8) is 0 Å². The lowest BCUT2D eigenvalue weighted by Crippen LogP contribution is -2.37. The van der Waals surface area contributed by atoms with Crippen molar-refractivity contribution in [1.82, 2.24) is 5.32 Å². The van der Waals surface area contributed by atoms with Gasteiger partial charge in [-0.1, -0.05) is 38.0 Å². The number of halogens is 1. The van der Waals surface area contributed by atoms with E-state index in [-0.39, 0.29) is 11.7 Å². The van der Waals surface area contributed by atoms with Gasteiger partial charge in [-0.2, -0.15) is 0 Å². The summed E-state index contributed by atoms with van der Waals surface area (Å²) in [6.45, 7) is 3.57. The van der Waals surface area contributed by atoms with Gasteiger partial charge in [0.25, 0.3) is 0 Å². The molecule has 1 amide bonds. The minimum absolute atomic E-state index is 0.0218. The van der Waals surface area contributed by atoms with Crippen LogP contribution in [0.2, 0.25) is 0 Å². The van der Waals surface area contributed by atoms with Crippen LogP contribution >= 0.6 is 0 Å². The highest BCUT2D eigenvalue weighted by Gasteiger charge is 2.15. The number of hydrogen-bond acceptors (Lipinski definition) is 1. The van der Waals surface area contributed by atoms with Crippen LogP contribution in [0.5, 0.6) is 0 Å². The SMILES string of the molecule is C=Cc1cc(CC(=O)NC2CCCCC2)ccc1F. The first-order chi connectivity index (χ1) is 9.19. The van der Waals surface area contributed by atoms with Gasteiger partial charge in [-0.05, 0) is 30.5 Å². The first-order valence-electron chi connectivity index (χ1n) is 6.89. The Bertz CT molecular complexity index is 464. The number of benzene rings is 1. The van der Waals surface area contributed by atoms with Crippen LogP contribution in [0.1, 0.15) is 43.2 Å². The molecular weight excluding hydrogens is 241 g/mol. The predicted octanol–water partition coefficient (Wildman–Crippen LogP) is 3.46. The van der Waals surface area contributed by atoms with Gasteiger partial charge in [0.05, 0.1) is 6.42 Å². The summed E-state index contributed by atoms with van der Waals surface area (Å²) in [6, 6.07) is 5.05. The first kappa shape index (κ1) is 13.8. The van der Waals surface area contributed by atoms with Gasteiger partial charge in [0.1, 0.15) is 5.82 Å². The Morgan fingerprint density at radius 3 is 2.79 bits per heavy atom. The molecule has 1 aromatic carbocycles. The normalized spacial score (nSPS) is 16.1. The Kier molecular flexibility index (Phi) is 4.72. The molecule has 1 saturated carbocycles. The summed E-state index contributed by atoms with van der Waals surface area (Å²) < 4.78 is 13.3. The summed E-state index contributed by atoms with van der Waals surface area (Å²) >= 11 is 0. The largest absolute Gasteiger partial charge is 0.353 e. The van der Waals surface area contributed by atoms with Gasteiger partial charge in [-0.25, -0.2) is 4.39 Å². The van der Waals surface area contributed by atoms with E-state index in [0.29, 0.717) is 18.0 Å². The summed E-state index contributed by atoms with van der Waals surface area (Å²) in [5.74, 6) is -0.278. The van der Waals surface area contributed by atoms with Crippen LogP contribution in [-0.4, -0.2) is 11.9 Å². The number of hydrogen-bond donors (Lipinski definition) is 1. The van der Waals surface area contributed by atoms with Crippen molar-refractivity contribution in [3.8, 4) is 0 Å². The maximum absolute atomic E-state index is 13.3. The molecule has 2 rings (SSSR count). The highest BCUT2D eigenvalue weighted by molar-refractivity contribution is 5.79. The average molecular weight is 261 g/mol. The number of rotatable bonds is 4. The lowest BCUT2D eigenvalue weighted by molar-refractivity contribution is -0.121. The van der Waals surface area contributed by atoms with Crippen molar-refractivity contribution in [1.29, 1.82) is 0 Å². The minimum Gasteiger partial charge on any atom is -0.353 e. The van der Waals surface area contributed by atoms with Crippen LogP contribution in [0.3, 0.4) is 0 Å². The molecule has 0 unspecified atom stereocenters. The molecule has 0 aliphatic heterocycles. The predicted molar refractivity (Wildman–Crippen MR) is 75.2 cm³/mol. The summed E-state index contributed by atoms with van der Waals surface area (Å²) in [4.78, 5) is 11.9. The van der Waals surface area contributed by atoms with Crippen LogP contribution in [-0.2, 0) is 11.2 Å². The number of amides is 1. The van der Waals surface area contributed by atoms with E-state index < -0.39 is 0 Å². The third-order valence-electron chi connectivity index (χ3n) is 3.62. The Morgan fingerprint density at radius 2 is 2.11 bits per heavy atom. The van der Waals surface area contributed by atoms with Crippen molar-refractivity contribution in [2.75, 3.05) is 0 Å². The fraction of sp³-hybridized carbons (Fsp3) is 0.438. The van der Waals surface area contributed by atoms with Crippen molar-refractivity contribution in [2.45, 2.75) is 44.6 Å². The second-order valence-electron chi connectivity index (χ2n) is 5.14. The van der Waals surface area contributed by atoms with Crippen molar-refractivity contribution in [3.05, 3.63) is 41.7 Å². The van der Waals surface area contributed by atoms with E-state index in [1.807, 2.05) is 0 Å². The smallest absolute Gasteiger partial charge is 0.224 e. The molecule has 0 heterocycles. The fourth-order valence-electron chi connectivity index (χ4n) is 2.57. The van der Waals surface area contributed by atoms with E-state index in [9.17, 15) is 9.18 Å². The zero-order chi connectivity index (χ0) is 13.7. The standard InChI is InChI=1S/C16H20FNO/c1-2-13-10-12(8-9-15(13)17)11-16(19)18-14-6-4-3-5-7-14/h2,8-10,14H,1,3-7,11H2,(H,18,19). The molecular formula is C16H20FNO. The molecule has 0 aromatic heterocycles. The number of carbonyl (C=O) groups excluding carboxylic acids is 1. The van der Waals surface area contributed by atoms with Crippen LogP contribution in [0.15, 0.2) is 24.8 Å². The van der Waals surface area contributed by atoms with Gasteiger partial charge < -0.3 is 5.32 Å². The quantitative estimate of drug-likeness (QED) is 0.883. The summed E-state index contributed by atoms with van der Waals surface area (Å²) in [7, 11) is 0. The van der Waals surface area contributed by atoms with Crippen LogP contribution in [0, 0.1) is 5.82 Å². The van der Waals surface area contributed by atoms with E-state index in [4.69, 9.17) is 0 Å². The third kappa shape index (κ3) is 3.91. The Balaban J connectivity index is 1.92. The first-order valence-corrected chi connectivity index (χ1v) is 6.89. The molecule has 1 fully saturated rings. The molecule has 19 heavy (non-hydrogen) atoms. The molecule has 0 saturated heterocycles. The van der Waals surface area contributed by atoms with Gasteiger partial charge >= 0.3 is 0 Å². The van der Waals surface area contributed by atoms with E-state index >= 15 is 0 Å². The molecule has 0 radical (unpaired) electrons. The molecule has 1 aromatic rings. The van der Waals surface area contributed by atoms with E-state index in [1.54, 1.807) is 12.1 Å². The van der Waals surface area contributed by atoms with Gasteiger partial charge in [-0.3, -0.25) is 4.79 Å². The molecule has 102 valence electrons. The molecule has 1 aliphatic rings.